The molecule has 5 fully saturated rings. The zero-order valence-corrected chi connectivity index (χ0v) is 54.7. The van der Waals surface area contributed by atoms with Gasteiger partial charge in [0.15, 0.2) is 5.75 Å². The number of carbonyl (C=O) groups is 7. The molecule has 0 unspecified atom stereocenters. The van der Waals surface area contributed by atoms with Crippen LogP contribution in [0.2, 0.25) is 0 Å². The van der Waals surface area contributed by atoms with Crippen molar-refractivity contribution in [1.29, 1.82) is 0 Å². The van der Waals surface area contributed by atoms with Crippen LogP contribution in [-0.4, -0.2) is 240 Å². The molecule has 480 valence electrons. The van der Waals surface area contributed by atoms with Crippen LogP contribution in [-0.2, 0) is 0 Å². The Hall–Kier alpha value is -7.64. The van der Waals surface area contributed by atoms with Crippen LogP contribution >= 0.6 is 68.3 Å². The summed E-state index contributed by atoms with van der Waals surface area (Å²) >= 11 is 12.3. The number of likely N-dealkylation sites (N-methyl/N-ethyl adjacent to an activating group) is 2. The Morgan fingerprint density at radius 3 is 1.03 bits per heavy atom. The van der Waals surface area contributed by atoms with E-state index in [1.807, 2.05) is 73.1 Å². The molecule has 2 aromatic carbocycles. The lowest BCUT2D eigenvalue weighted by atomic mass is 10.1. The molecule has 5 saturated heterocycles. The molecular formula is C61H73ClN12O11S5. The highest BCUT2D eigenvalue weighted by Gasteiger charge is 2.31. The molecule has 7 aromatic rings. The maximum atomic E-state index is 12.5. The van der Waals surface area contributed by atoms with Crippen molar-refractivity contribution in [3.05, 3.63) is 170 Å². The highest BCUT2D eigenvalue weighted by Crippen LogP contribution is 2.31. The zero-order valence-electron chi connectivity index (χ0n) is 49.9. The van der Waals surface area contributed by atoms with Gasteiger partial charge in [-0.25, -0.2) is 0 Å². The molecule has 0 radical (unpaired) electrons. The van der Waals surface area contributed by atoms with Crippen molar-refractivity contribution in [2.75, 3.05) is 151 Å². The normalized spacial score (nSPS) is 15.9. The summed E-state index contributed by atoms with van der Waals surface area (Å²) in [4.78, 5) is 112. The SMILES string of the molecule is CN1CCN(C(=O)c2cccs2)CC1.CN1CCNCC1.Nc1cccc(C(=O)N2CCN(C(=O)c3cccs3)CC2)c1O.O=C(Cl)c1cccs1.O=C(c1cccs1)N1CCN(C(=O)c2cccc([N+](=O)[O-])c2O)CC1.O=C(c1cccs1)N1CCNCC1. The van der Waals surface area contributed by atoms with E-state index in [9.17, 15) is 53.9 Å². The van der Waals surface area contributed by atoms with E-state index in [0.29, 0.717) is 67.0 Å². The molecule has 0 aliphatic carbocycles. The van der Waals surface area contributed by atoms with Gasteiger partial charge in [0.05, 0.1) is 46.1 Å². The van der Waals surface area contributed by atoms with Gasteiger partial charge in [0.2, 0.25) is 5.75 Å². The second kappa shape index (κ2) is 35.7. The first-order chi connectivity index (χ1) is 43.4. The number of halogens is 1. The number of amides is 6. The quantitative estimate of drug-likeness (QED) is 0.0331. The van der Waals surface area contributed by atoms with Crippen LogP contribution < -0.4 is 16.4 Å². The fourth-order valence-electron chi connectivity index (χ4n) is 9.42. The standard InChI is InChI=1S/C16H15N3O5S.C16H17N3O3S.C10H14N2OS.C9H12N2OS.C5H3ClOS.C5H12N2/c20-14-11(3-1-4-12(14)19(23)24)15(21)17-6-8-18(9-7-17)16(22)13-5-2-10-25-13;17-12-4-1-3-11(14(12)20)15(21)18-6-8-19(9-7-18)16(22)13-5-2-10-23-13;1-11-4-6-12(7-5-11)10(13)9-3-2-8-14-9;12-9(8-2-1-7-13-8)11-5-3-10-4-6-11;6-5(7)4-2-1-3-8-4;1-7-4-2-6-3-5-7/h1-5,10,20H,6-9H2;1-5,10,20H,6-9,17H2;2-3,8H,4-7H2,1H3;1-2,7,10H,3-6H2;1-3H;6H,2-5H2,1H3. The molecule has 5 aromatic heterocycles. The number of nitro groups is 1. The first kappa shape index (κ1) is 69.8. The number of carbonyl (C=O) groups excluding carboxylic acids is 7. The first-order valence-electron chi connectivity index (χ1n) is 28.9. The van der Waals surface area contributed by atoms with Crippen molar-refractivity contribution in [2.24, 2.45) is 0 Å². The van der Waals surface area contributed by atoms with E-state index in [4.69, 9.17) is 17.3 Å². The molecule has 0 bridgehead atoms. The predicted molar refractivity (Wildman–Crippen MR) is 355 cm³/mol. The number of piperazine rings is 5. The van der Waals surface area contributed by atoms with E-state index >= 15 is 0 Å². The van der Waals surface area contributed by atoms with Gasteiger partial charge in [-0.2, -0.15) is 0 Å². The van der Waals surface area contributed by atoms with Gasteiger partial charge in [-0.15, -0.1) is 56.7 Å². The number of nitrogens with zero attached hydrogens (tertiary/aromatic N) is 9. The number of phenols is 2. The van der Waals surface area contributed by atoms with Gasteiger partial charge >= 0.3 is 5.69 Å². The number of hydrogen-bond donors (Lipinski definition) is 5. The number of nitro benzene ring substituents is 1. The zero-order chi connectivity index (χ0) is 64.5. The van der Waals surface area contributed by atoms with Crippen molar-refractivity contribution in [1.82, 2.24) is 49.8 Å². The molecule has 0 atom stereocenters. The van der Waals surface area contributed by atoms with E-state index in [1.54, 1.807) is 57.2 Å². The topological polar surface area (TPSA) is 279 Å². The lowest BCUT2D eigenvalue weighted by Crippen LogP contribution is -2.50. The highest BCUT2D eigenvalue weighted by atomic mass is 35.5. The molecule has 23 nitrogen and oxygen atoms in total. The van der Waals surface area contributed by atoms with E-state index in [2.05, 4.69) is 34.5 Å². The maximum Gasteiger partial charge on any atom is 0.311 e. The molecule has 6 N–H and O–H groups in total. The number of hydrogen-bond acceptors (Lipinski definition) is 21. The van der Waals surface area contributed by atoms with Gasteiger partial charge in [-0.1, -0.05) is 42.5 Å². The van der Waals surface area contributed by atoms with Crippen LogP contribution in [0.15, 0.2) is 124 Å². The molecule has 5 aliphatic heterocycles. The van der Waals surface area contributed by atoms with Gasteiger partial charge in [-0.3, -0.25) is 43.7 Å². The second-order valence-corrected chi connectivity index (χ2v) is 25.8. The van der Waals surface area contributed by atoms with Crippen LogP contribution in [0.1, 0.15) is 69.1 Å². The van der Waals surface area contributed by atoms with Gasteiger partial charge in [-0.05, 0) is 101 Å². The number of anilines is 1. The van der Waals surface area contributed by atoms with Crippen LogP contribution in [0.4, 0.5) is 11.4 Å². The molecule has 6 amide bonds. The molecular weight excluding hydrogens is 1270 g/mol. The van der Waals surface area contributed by atoms with Crippen molar-refractivity contribution in [3.8, 4) is 11.5 Å². The lowest BCUT2D eigenvalue weighted by molar-refractivity contribution is -0.385. The molecule has 90 heavy (non-hydrogen) atoms. The number of thiophene rings is 5. The van der Waals surface area contributed by atoms with Gasteiger partial charge < -0.3 is 65.8 Å². The van der Waals surface area contributed by atoms with Crippen molar-refractivity contribution in [3.63, 3.8) is 0 Å². The van der Waals surface area contributed by atoms with E-state index in [-0.39, 0.29) is 57.3 Å². The summed E-state index contributed by atoms with van der Waals surface area (Å²) in [5.74, 6) is -1.27. The predicted octanol–water partition coefficient (Wildman–Crippen LogP) is 7.17. The Balaban J connectivity index is 0.000000162. The van der Waals surface area contributed by atoms with E-state index < -0.39 is 22.3 Å². The number of para-hydroxylation sites is 2. The summed E-state index contributed by atoms with van der Waals surface area (Å²) in [6.45, 7) is 15.1. The summed E-state index contributed by atoms with van der Waals surface area (Å²) in [6.07, 6.45) is 0. The Kier molecular flexibility index (Phi) is 27.7. The molecule has 0 spiro atoms. The minimum atomic E-state index is -0.732. The minimum Gasteiger partial charge on any atom is -0.505 e. The van der Waals surface area contributed by atoms with Crippen LogP contribution in [0.5, 0.6) is 11.5 Å². The molecule has 10 heterocycles. The van der Waals surface area contributed by atoms with E-state index in [0.717, 1.165) is 81.3 Å². The van der Waals surface area contributed by atoms with Crippen molar-refractivity contribution >= 4 is 120 Å². The Labute approximate surface area is 547 Å². The van der Waals surface area contributed by atoms with E-state index in [1.165, 1.54) is 86.8 Å². The lowest BCUT2D eigenvalue weighted by Gasteiger charge is -2.34. The summed E-state index contributed by atoms with van der Waals surface area (Å²) in [7, 11) is 4.24. The summed E-state index contributed by atoms with van der Waals surface area (Å²) < 4.78 is 0. The number of rotatable bonds is 8. The highest BCUT2D eigenvalue weighted by molar-refractivity contribution is 7.14. The average Bonchev–Trinajstić information content (AvgIpc) is 2.25. The Morgan fingerprint density at radius 1 is 0.422 bits per heavy atom. The molecule has 29 heteroatoms. The molecule has 5 aliphatic rings. The van der Waals surface area contributed by atoms with Crippen LogP contribution in [0.3, 0.4) is 0 Å². The monoisotopic (exact) mass is 1340 g/mol. The molecule has 0 saturated carbocycles. The van der Waals surface area contributed by atoms with Crippen molar-refractivity contribution in [2.45, 2.75) is 0 Å². The second-order valence-electron chi connectivity index (χ2n) is 20.7. The largest absolute Gasteiger partial charge is 0.505 e. The Morgan fingerprint density at radius 2 is 0.722 bits per heavy atom. The number of phenolic OH excluding ortho intramolecular Hbond substituents is 2. The van der Waals surface area contributed by atoms with Gasteiger partial charge in [0, 0.05) is 137 Å². The Bertz CT molecular complexity index is 3400. The van der Waals surface area contributed by atoms with Crippen LogP contribution in [0, 0.1) is 10.1 Å². The summed E-state index contributed by atoms with van der Waals surface area (Å²) in [5.41, 5.74) is 5.40. The van der Waals surface area contributed by atoms with Crippen molar-refractivity contribution < 1.29 is 48.7 Å². The molecule has 12 rings (SSSR count). The third kappa shape index (κ3) is 20.4. The summed E-state index contributed by atoms with van der Waals surface area (Å²) in [5, 5.41) is 46.3. The number of nitrogen functional groups attached to an aromatic ring is 1. The fraction of sp³-hybridized carbons (Fsp3) is 0.361. The third-order valence-corrected chi connectivity index (χ3v) is 19.2. The smallest absolute Gasteiger partial charge is 0.311 e. The average molecular weight is 1350 g/mol. The van der Waals surface area contributed by atoms with Crippen LogP contribution in [0.25, 0.3) is 0 Å². The maximum absolute atomic E-state index is 12.5. The van der Waals surface area contributed by atoms with Gasteiger partial charge in [0.1, 0.15) is 0 Å². The third-order valence-electron chi connectivity index (χ3n) is 14.6. The summed E-state index contributed by atoms with van der Waals surface area (Å²) in [6, 6.07) is 26.9. The number of nitrogens with two attached hydrogens (primary N) is 1. The first-order valence-corrected chi connectivity index (χ1v) is 33.6. The number of benzene rings is 2. The number of aromatic hydroxyl groups is 2. The fourth-order valence-corrected chi connectivity index (χ4v) is 12.9. The van der Waals surface area contributed by atoms with Gasteiger partial charge in [0.25, 0.3) is 40.7 Å². The number of nitrogens with one attached hydrogen (secondary N) is 2. The minimum absolute atomic E-state index is 0.00102.